The van der Waals surface area contributed by atoms with Gasteiger partial charge in [0.1, 0.15) is 17.2 Å². The molecule has 172 valence electrons. The maximum atomic E-state index is 13.3. The minimum atomic E-state index is -4.90. The van der Waals surface area contributed by atoms with Gasteiger partial charge in [0, 0.05) is 11.8 Å². The Kier molecular flexibility index (Phi) is 5.40. The molecule has 0 radical (unpaired) electrons. The molecular weight excluding hydrogens is 444 g/mol. The lowest BCUT2D eigenvalue weighted by atomic mass is 9.96. The van der Waals surface area contributed by atoms with E-state index < -0.39 is 35.6 Å². The van der Waals surface area contributed by atoms with Crippen LogP contribution < -0.4 is 5.73 Å². The van der Waals surface area contributed by atoms with E-state index in [9.17, 15) is 27.5 Å². The van der Waals surface area contributed by atoms with Crippen LogP contribution in [0.3, 0.4) is 0 Å². The first-order valence-electron chi connectivity index (χ1n) is 9.80. The molecule has 1 unspecified atom stereocenters. The topological polar surface area (TPSA) is 111 Å². The summed E-state index contributed by atoms with van der Waals surface area (Å²) in [5.74, 6) is -1.21. The van der Waals surface area contributed by atoms with Crippen LogP contribution in [-0.2, 0) is 12.1 Å². The van der Waals surface area contributed by atoms with Crippen molar-refractivity contribution in [3.63, 3.8) is 0 Å². The summed E-state index contributed by atoms with van der Waals surface area (Å²) < 4.78 is 55.9. The first kappa shape index (κ1) is 22.4. The molecule has 1 amide bonds. The van der Waals surface area contributed by atoms with Crippen molar-refractivity contribution in [2.75, 3.05) is 0 Å². The zero-order valence-corrected chi connectivity index (χ0v) is 17.2. The van der Waals surface area contributed by atoms with E-state index in [4.69, 9.17) is 5.73 Å². The molecule has 0 aliphatic rings. The molecule has 3 aromatic heterocycles. The van der Waals surface area contributed by atoms with Gasteiger partial charge in [-0.25, -0.2) is 14.1 Å². The van der Waals surface area contributed by atoms with Crippen molar-refractivity contribution in [2.24, 2.45) is 5.73 Å². The van der Waals surface area contributed by atoms with Gasteiger partial charge in [-0.05, 0) is 48.4 Å². The molecule has 3 N–H and O–H groups in total. The second-order valence-electron chi connectivity index (χ2n) is 7.46. The second kappa shape index (κ2) is 7.96. The number of aromatic nitrogens is 5. The molecule has 1 atom stereocenters. The Morgan fingerprint density at radius 3 is 2.48 bits per heavy atom. The monoisotopic (exact) mass is 462 g/mol. The Hall–Kier alpha value is -3.80. The Bertz CT molecular complexity index is 1330. The summed E-state index contributed by atoms with van der Waals surface area (Å²) in [5.41, 5.74) is 3.61. The average molecular weight is 462 g/mol. The highest BCUT2D eigenvalue weighted by Gasteiger charge is 2.55. The minimum Gasteiger partial charge on any atom is -0.375 e. The van der Waals surface area contributed by atoms with Crippen LogP contribution in [0.15, 0.2) is 48.8 Å². The van der Waals surface area contributed by atoms with E-state index >= 15 is 0 Å². The SMILES string of the molecule is CCC(O)(c1cn(Cc2ccn3c(-c4ccc(F)cc4)c(C(N)=O)nc3c2)nn1)C(F)(F)F. The van der Waals surface area contributed by atoms with Gasteiger partial charge < -0.3 is 10.8 Å². The van der Waals surface area contributed by atoms with Gasteiger partial charge in [0.2, 0.25) is 5.60 Å². The number of carbonyl (C=O) groups excluding carboxylic acids is 1. The molecule has 33 heavy (non-hydrogen) atoms. The van der Waals surface area contributed by atoms with Crippen LogP contribution in [0.4, 0.5) is 17.6 Å². The second-order valence-corrected chi connectivity index (χ2v) is 7.46. The van der Waals surface area contributed by atoms with Crippen molar-refractivity contribution < 1.29 is 27.5 Å². The summed E-state index contributed by atoms with van der Waals surface area (Å²) in [6.07, 6.45) is -2.87. The van der Waals surface area contributed by atoms with Gasteiger partial charge in [0.25, 0.3) is 5.91 Å². The third-order valence-electron chi connectivity index (χ3n) is 5.33. The molecule has 0 saturated heterocycles. The van der Waals surface area contributed by atoms with E-state index in [0.717, 1.165) is 10.9 Å². The highest BCUT2D eigenvalue weighted by atomic mass is 19.4. The van der Waals surface area contributed by atoms with E-state index in [1.54, 1.807) is 22.7 Å². The number of hydrogen-bond donors (Lipinski definition) is 2. The predicted octanol–water partition coefficient (Wildman–Crippen LogP) is 3.04. The predicted molar refractivity (Wildman–Crippen MR) is 108 cm³/mol. The van der Waals surface area contributed by atoms with E-state index in [-0.39, 0.29) is 12.2 Å². The van der Waals surface area contributed by atoms with E-state index in [1.165, 1.54) is 31.2 Å². The number of imidazole rings is 1. The number of hydrogen-bond acceptors (Lipinski definition) is 5. The first-order valence-corrected chi connectivity index (χ1v) is 9.80. The summed E-state index contributed by atoms with van der Waals surface area (Å²) in [7, 11) is 0. The van der Waals surface area contributed by atoms with Crippen LogP contribution in [0, 0.1) is 5.82 Å². The summed E-state index contributed by atoms with van der Waals surface area (Å²) in [4.78, 5) is 16.2. The molecule has 0 fully saturated rings. The number of benzene rings is 1. The molecule has 4 aromatic rings. The van der Waals surface area contributed by atoms with Crippen LogP contribution in [0.2, 0.25) is 0 Å². The van der Waals surface area contributed by atoms with Crippen LogP contribution in [0.1, 0.15) is 35.1 Å². The summed E-state index contributed by atoms with van der Waals surface area (Å²) in [5, 5.41) is 17.2. The van der Waals surface area contributed by atoms with Crippen LogP contribution >= 0.6 is 0 Å². The van der Waals surface area contributed by atoms with Crippen molar-refractivity contribution in [3.05, 3.63) is 71.6 Å². The van der Waals surface area contributed by atoms with Crippen molar-refractivity contribution in [1.82, 2.24) is 24.4 Å². The summed E-state index contributed by atoms with van der Waals surface area (Å²) in [6.45, 7) is 1.24. The van der Waals surface area contributed by atoms with Gasteiger partial charge in [-0.2, -0.15) is 13.2 Å². The highest BCUT2D eigenvalue weighted by Crippen LogP contribution is 2.40. The van der Waals surface area contributed by atoms with Crippen molar-refractivity contribution in [1.29, 1.82) is 0 Å². The van der Waals surface area contributed by atoms with Gasteiger partial charge in [-0.3, -0.25) is 9.20 Å². The summed E-state index contributed by atoms with van der Waals surface area (Å²) in [6, 6.07) is 8.74. The fourth-order valence-electron chi connectivity index (χ4n) is 3.52. The minimum absolute atomic E-state index is 0.0139. The fraction of sp³-hybridized carbons (Fsp3) is 0.238. The van der Waals surface area contributed by atoms with Gasteiger partial charge in [0.05, 0.1) is 18.4 Å². The number of alkyl halides is 3. The van der Waals surface area contributed by atoms with Crippen LogP contribution in [-0.4, -0.2) is 41.6 Å². The lowest BCUT2D eigenvalue weighted by Gasteiger charge is -2.26. The van der Waals surface area contributed by atoms with E-state index in [2.05, 4.69) is 15.3 Å². The van der Waals surface area contributed by atoms with Gasteiger partial charge >= 0.3 is 6.18 Å². The Morgan fingerprint density at radius 2 is 1.88 bits per heavy atom. The molecular formula is C21H18F4N6O2. The van der Waals surface area contributed by atoms with Crippen molar-refractivity contribution in [3.8, 4) is 11.3 Å². The van der Waals surface area contributed by atoms with Gasteiger partial charge in [-0.1, -0.05) is 12.1 Å². The number of aliphatic hydroxyl groups is 1. The van der Waals surface area contributed by atoms with Crippen molar-refractivity contribution >= 4 is 11.6 Å². The number of pyridine rings is 1. The van der Waals surface area contributed by atoms with Crippen LogP contribution in [0.25, 0.3) is 16.9 Å². The maximum absolute atomic E-state index is 13.3. The number of primary amides is 1. The van der Waals surface area contributed by atoms with Gasteiger partial charge in [0.15, 0.2) is 5.69 Å². The largest absolute Gasteiger partial charge is 0.423 e. The van der Waals surface area contributed by atoms with Gasteiger partial charge in [-0.15, -0.1) is 5.10 Å². The molecule has 3 heterocycles. The number of nitrogens with zero attached hydrogens (tertiary/aromatic N) is 5. The Labute approximate surface area is 184 Å². The molecule has 0 saturated carbocycles. The smallest absolute Gasteiger partial charge is 0.375 e. The summed E-state index contributed by atoms with van der Waals surface area (Å²) >= 11 is 0. The Balaban J connectivity index is 1.70. The molecule has 8 nitrogen and oxygen atoms in total. The van der Waals surface area contributed by atoms with E-state index in [1.807, 2.05) is 0 Å². The van der Waals surface area contributed by atoms with Crippen molar-refractivity contribution in [2.45, 2.75) is 31.7 Å². The lowest BCUT2D eigenvalue weighted by Crippen LogP contribution is -2.42. The standard InChI is InChI=1S/C21H18F4N6O2/c1-2-20(33,21(23,24)25)15-11-30(29-28-15)10-12-7-8-31-16(9-12)27-17(19(26)32)18(31)13-3-5-14(22)6-4-13/h3-9,11,33H,2,10H2,1H3,(H2,26,32). The molecule has 1 aromatic carbocycles. The zero-order valence-electron chi connectivity index (χ0n) is 17.2. The number of halogens is 4. The quantitative estimate of drug-likeness (QED) is 0.428. The molecule has 0 spiro atoms. The third kappa shape index (κ3) is 3.93. The number of rotatable bonds is 6. The normalized spacial score (nSPS) is 13.9. The number of carbonyl (C=O) groups is 1. The maximum Gasteiger partial charge on any atom is 0.423 e. The molecule has 4 rings (SSSR count). The fourth-order valence-corrected chi connectivity index (χ4v) is 3.52. The average Bonchev–Trinajstić information content (AvgIpc) is 3.38. The molecule has 0 aliphatic heterocycles. The zero-order chi connectivity index (χ0) is 24.0. The molecule has 12 heteroatoms. The first-order chi connectivity index (χ1) is 15.5. The number of fused-ring (bicyclic) bond motifs is 1. The molecule has 0 bridgehead atoms. The number of amides is 1. The Morgan fingerprint density at radius 1 is 1.18 bits per heavy atom. The number of nitrogens with two attached hydrogens (primary N) is 1. The third-order valence-corrected chi connectivity index (χ3v) is 5.33. The lowest BCUT2D eigenvalue weighted by molar-refractivity contribution is -0.269. The molecule has 0 aliphatic carbocycles. The highest BCUT2D eigenvalue weighted by molar-refractivity contribution is 5.98. The van der Waals surface area contributed by atoms with Crippen LogP contribution in [0.5, 0.6) is 0 Å². The van der Waals surface area contributed by atoms with E-state index in [0.29, 0.717) is 22.5 Å².